The van der Waals surface area contributed by atoms with Crippen LogP contribution in [0.2, 0.25) is 0 Å². The molecule has 0 heterocycles. The van der Waals surface area contributed by atoms with Gasteiger partial charge in [-0.1, -0.05) is 37.3 Å². The third-order valence-corrected chi connectivity index (χ3v) is 2.66. The van der Waals surface area contributed by atoms with E-state index >= 15 is 0 Å². The van der Waals surface area contributed by atoms with E-state index in [2.05, 4.69) is 0 Å². The first-order valence-electron chi connectivity index (χ1n) is 6.11. The Kier molecular flexibility index (Phi) is 4.65. The molecule has 0 amide bonds. The molecule has 0 aromatic heterocycles. The van der Waals surface area contributed by atoms with Crippen molar-refractivity contribution >= 4 is 11.9 Å². The van der Waals surface area contributed by atoms with Gasteiger partial charge < -0.3 is 4.74 Å². The van der Waals surface area contributed by atoms with Gasteiger partial charge in [-0.2, -0.15) is 0 Å². The first-order chi connectivity index (χ1) is 8.30. The monoisotopic (exact) mass is 248 g/mol. The lowest BCUT2D eigenvalue weighted by atomic mass is 9.96. The molecule has 3 nitrogen and oxygen atoms in total. The van der Waals surface area contributed by atoms with E-state index in [9.17, 15) is 9.59 Å². The number of carbonyl (C=O) groups excluding carboxylic acids is 2. The van der Waals surface area contributed by atoms with Crippen molar-refractivity contribution in [3.63, 3.8) is 0 Å². The summed E-state index contributed by atoms with van der Waals surface area (Å²) < 4.78 is 4.83. The van der Waals surface area contributed by atoms with Gasteiger partial charge in [0.1, 0.15) is 0 Å². The molecule has 18 heavy (non-hydrogen) atoms. The first kappa shape index (κ1) is 14.4. The maximum Gasteiger partial charge on any atom is 0.318 e. The minimum Gasteiger partial charge on any atom is -0.393 e. The van der Waals surface area contributed by atoms with E-state index in [1.807, 2.05) is 37.3 Å². The van der Waals surface area contributed by atoms with Crippen molar-refractivity contribution in [2.45, 2.75) is 40.0 Å². The Morgan fingerprint density at radius 2 is 1.72 bits per heavy atom. The molecule has 0 radical (unpaired) electrons. The fourth-order valence-corrected chi connectivity index (χ4v) is 1.45. The molecule has 0 saturated heterocycles. The van der Waals surface area contributed by atoms with Crippen LogP contribution in [0, 0.1) is 5.41 Å². The topological polar surface area (TPSA) is 43.4 Å². The van der Waals surface area contributed by atoms with Gasteiger partial charge in [0.15, 0.2) is 0 Å². The Labute approximate surface area is 108 Å². The summed E-state index contributed by atoms with van der Waals surface area (Å²) in [5.41, 5.74) is 0.420. The molecule has 1 aromatic carbocycles. The largest absolute Gasteiger partial charge is 0.393 e. The first-order valence-corrected chi connectivity index (χ1v) is 6.11. The predicted octanol–water partition coefficient (Wildman–Crippen LogP) is 3.30. The molecule has 0 aliphatic rings. The van der Waals surface area contributed by atoms with Gasteiger partial charge >= 0.3 is 11.9 Å². The van der Waals surface area contributed by atoms with Gasteiger partial charge in [-0.3, -0.25) is 9.59 Å². The predicted molar refractivity (Wildman–Crippen MR) is 70.0 cm³/mol. The maximum atomic E-state index is 11.6. The molecule has 0 N–H and O–H groups in total. The van der Waals surface area contributed by atoms with Crippen molar-refractivity contribution in [3.8, 4) is 0 Å². The highest BCUT2D eigenvalue weighted by Gasteiger charge is 2.26. The zero-order valence-corrected chi connectivity index (χ0v) is 11.4. The van der Waals surface area contributed by atoms with Crippen molar-refractivity contribution < 1.29 is 14.3 Å². The van der Waals surface area contributed by atoms with Crippen molar-refractivity contribution in [3.05, 3.63) is 35.9 Å². The van der Waals surface area contributed by atoms with Gasteiger partial charge in [0.25, 0.3) is 0 Å². The standard InChI is InChI=1S/C15H20O3/c1-11(12-8-6-5-7-9-12)10-13(16)18-14(17)15(2,3)4/h5-9,11H,10H2,1-4H3. The zero-order chi connectivity index (χ0) is 13.8. The van der Waals surface area contributed by atoms with Crippen LogP contribution in [0.25, 0.3) is 0 Å². The number of benzene rings is 1. The lowest BCUT2D eigenvalue weighted by Crippen LogP contribution is -2.26. The summed E-state index contributed by atoms with van der Waals surface area (Å²) in [4.78, 5) is 23.2. The van der Waals surface area contributed by atoms with Crippen LogP contribution in [0.4, 0.5) is 0 Å². The molecular weight excluding hydrogens is 228 g/mol. The van der Waals surface area contributed by atoms with Crippen LogP contribution in [-0.4, -0.2) is 11.9 Å². The van der Waals surface area contributed by atoms with E-state index in [0.29, 0.717) is 0 Å². The number of hydrogen-bond acceptors (Lipinski definition) is 3. The second-order valence-corrected chi connectivity index (χ2v) is 5.53. The second kappa shape index (κ2) is 5.80. The third-order valence-electron chi connectivity index (χ3n) is 2.66. The third kappa shape index (κ3) is 4.32. The molecule has 0 fully saturated rings. The van der Waals surface area contributed by atoms with Crippen LogP contribution >= 0.6 is 0 Å². The molecule has 0 aliphatic heterocycles. The maximum absolute atomic E-state index is 11.6. The highest BCUT2D eigenvalue weighted by Crippen LogP contribution is 2.21. The van der Waals surface area contributed by atoms with Gasteiger partial charge in [0.05, 0.1) is 11.8 Å². The zero-order valence-electron chi connectivity index (χ0n) is 11.4. The summed E-state index contributed by atoms with van der Waals surface area (Å²) in [5.74, 6) is -0.898. The van der Waals surface area contributed by atoms with Gasteiger partial charge in [-0.15, -0.1) is 0 Å². The Hall–Kier alpha value is -1.64. The van der Waals surface area contributed by atoms with E-state index in [1.54, 1.807) is 20.8 Å². The molecule has 1 rings (SSSR count). The van der Waals surface area contributed by atoms with E-state index < -0.39 is 17.4 Å². The van der Waals surface area contributed by atoms with Crippen LogP contribution < -0.4 is 0 Å². The average Bonchev–Trinajstić information content (AvgIpc) is 2.28. The molecule has 1 unspecified atom stereocenters. The minimum absolute atomic E-state index is 0.0477. The molecular formula is C15H20O3. The quantitative estimate of drug-likeness (QED) is 0.609. The number of ether oxygens (including phenoxy) is 1. The summed E-state index contributed by atoms with van der Waals surface area (Å²) in [5, 5.41) is 0. The molecule has 0 bridgehead atoms. The summed E-state index contributed by atoms with van der Waals surface area (Å²) in [7, 11) is 0. The smallest absolute Gasteiger partial charge is 0.318 e. The number of rotatable bonds is 3. The van der Waals surface area contributed by atoms with Gasteiger partial charge in [-0.25, -0.2) is 0 Å². The fourth-order valence-electron chi connectivity index (χ4n) is 1.45. The van der Waals surface area contributed by atoms with E-state index in [0.717, 1.165) is 5.56 Å². The van der Waals surface area contributed by atoms with E-state index in [4.69, 9.17) is 4.74 Å². The van der Waals surface area contributed by atoms with Crippen molar-refractivity contribution in [2.75, 3.05) is 0 Å². The molecule has 98 valence electrons. The summed E-state index contributed by atoms with van der Waals surface area (Å²) in [6, 6.07) is 9.71. The molecule has 0 saturated carbocycles. The Balaban J connectivity index is 2.54. The van der Waals surface area contributed by atoms with Crippen LogP contribution in [0.15, 0.2) is 30.3 Å². The van der Waals surface area contributed by atoms with Crippen LogP contribution in [0.5, 0.6) is 0 Å². The summed E-state index contributed by atoms with van der Waals surface area (Å²) in [6.07, 6.45) is 0.214. The molecule has 1 atom stereocenters. The molecule has 3 heteroatoms. The summed E-state index contributed by atoms with van der Waals surface area (Å²) in [6.45, 7) is 7.12. The lowest BCUT2D eigenvalue weighted by Gasteiger charge is -2.16. The average molecular weight is 248 g/mol. The van der Waals surface area contributed by atoms with E-state index in [1.165, 1.54) is 0 Å². The molecule has 0 aliphatic carbocycles. The lowest BCUT2D eigenvalue weighted by molar-refractivity contribution is -0.165. The Bertz CT molecular complexity index is 415. The van der Waals surface area contributed by atoms with Crippen molar-refractivity contribution in [1.82, 2.24) is 0 Å². The normalized spacial score (nSPS) is 12.9. The Morgan fingerprint density at radius 3 is 2.22 bits per heavy atom. The fraction of sp³-hybridized carbons (Fsp3) is 0.467. The molecule has 1 aromatic rings. The number of hydrogen-bond donors (Lipinski definition) is 0. The minimum atomic E-state index is -0.647. The second-order valence-electron chi connectivity index (χ2n) is 5.53. The van der Waals surface area contributed by atoms with Crippen LogP contribution in [0.3, 0.4) is 0 Å². The van der Waals surface area contributed by atoms with Crippen LogP contribution in [0.1, 0.15) is 45.6 Å². The Morgan fingerprint density at radius 1 is 1.17 bits per heavy atom. The number of carbonyl (C=O) groups is 2. The summed E-state index contributed by atoms with van der Waals surface area (Å²) >= 11 is 0. The highest BCUT2D eigenvalue weighted by molar-refractivity contribution is 5.88. The van der Waals surface area contributed by atoms with Crippen molar-refractivity contribution in [2.24, 2.45) is 5.41 Å². The van der Waals surface area contributed by atoms with E-state index in [-0.39, 0.29) is 12.3 Å². The van der Waals surface area contributed by atoms with Crippen LogP contribution in [-0.2, 0) is 14.3 Å². The van der Waals surface area contributed by atoms with Gasteiger partial charge in [0.2, 0.25) is 0 Å². The highest BCUT2D eigenvalue weighted by atomic mass is 16.6. The van der Waals surface area contributed by atoms with Gasteiger partial charge in [-0.05, 0) is 32.3 Å². The van der Waals surface area contributed by atoms with Gasteiger partial charge in [0, 0.05) is 0 Å². The SMILES string of the molecule is CC(CC(=O)OC(=O)C(C)(C)C)c1ccccc1. The van der Waals surface area contributed by atoms with Crippen molar-refractivity contribution in [1.29, 1.82) is 0 Å². The molecule has 0 spiro atoms. The number of esters is 2.